The number of hydrogen-bond acceptors (Lipinski definition) is 6. The van der Waals surface area contributed by atoms with Crippen LogP contribution in [0.4, 0.5) is 5.69 Å². The van der Waals surface area contributed by atoms with E-state index in [4.69, 9.17) is 9.47 Å². The molecular weight excluding hydrogens is 566 g/mol. The van der Waals surface area contributed by atoms with E-state index in [2.05, 4.69) is 5.32 Å². The number of nitrogens with zero attached hydrogens (tertiary/aromatic N) is 2. The van der Waals surface area contributed by atoms with Crippen LogP contribution in [0.1, 0.15) is 11.1 Å². The molecule has 0 spiro atoms. The molecule has 4 aromatic carbocycles. The monoisotopic (exact) mass is 599 g/mol. The van der Waals surface area contributed by atoms with Crippen molar-refractivity contribution in [2.24, 2.45) is 0 Å². The number of ether oxygens (including phenoxy) is 2. The Kier molecular flexibility index (Phi) is 9.38. The Balaban J connectivity index is 1.38. The van der Waals surface area contributed by atoms with Crippen molar-refractivity contribution in [1.29, 1.82) is 0 Å². The molecule has 43 heavy (non-hydrogen) atoms. The summed E-state index contributed by atoms with van der Waals surface area (Å²) in [5.74, 6) is 0.0490. The fourth-order valence-electron chi connectivity index (χ4n) is 4.82. The Hall–Kier alpha value is -4.67. The lowest BCUT2D eigenvalue weighted by atomic mass is 10.1. The summed E-state index contributed by atoms with van der Waals surface area (Å²) in [7, 11) is -2.55. The lowest BCUT2D eigenvalue weighted by Gasteiger charge is -2.35. The number of anilines is 1. The van der Waals surface area contributed by atoms with Gasteiger partial charge in [0.05, 0.1) is 30.8 Å². The molecule has 0 aromatic heterocycles. The molecule has 0 aliphatic carbocycles. The zero-order chi connectivity index (χ0) is 30.2. The van der Waals surface area contributed by atoms with Gasteiger partial charge in [-0.3, -0.25) is 9.59 Å². The molecule has 1 heterocycles. The summed E-state index contributed by atoms with van der Waals surface area (Å²) in [6, 6.07) is 32.0. The first-order valence-electron chi connectivity index (χ1n) is 13.9. The number of benzene rings is 4. The van der Waals surface area contributed by atoms with Gasteiger partial charge >= 0.3 is 0 Å². The highest BCUT2D eigenvalue weighted by atomic mass is 32.2. The Bertz CT molecular complexity index is 1650. The molecule has 10 heteroatoms. The average molecular weight is 600 g/mol. The second kappa shape index (κ2) is 13.5. The van der Waals surface area contributed by atoms with Crippen molar-refractivity contribution in [3.05, 3.63) is 120 Å². The third-order valence-electron chi connectivity index (χ3n) is 7.18. The molecule has 1 atom stereocenters. The van der Waals surface area contributed by atoms with Gasteiger partial charge in [-0.05, 0) is 53.9 Å². The molecule has 0 saturated heterocycles. The van der Waals surface area contributed by atoms with E-state index >= 15 is 0 Å². The third-order valence-corrected chi connectivity index (χ3v) is 9.04. The van der Waals surface area contributed by atoms with Crippen LogP contribution in [0.3, 0.4) is 0 Å². The Morgan fingerprint density at radius 2 is 1.51 bits per heavy atom. The second-order valence-corrected chi connectivity index (χ2v) is 12.0. The van der Waals surface area contributed by atoms with Crippen LogP contribution in [0, 0.1) is 0 Å². The van der Waals surface area contributed by atoms with Gasteiger partial charge in [0.15, 0.2) is 6.10 Å². The van der Waals surface area contributed by atoms with Gasteiger partial charge in [-0.2, -0.15) is 4.31 Å². The first kappa shape index (κ1) is 29.8. The van der Waals surface area contributed by atoms with E-state index in [1.807, 2.05) is 60.7 Å². The highest BCUT2D eigenvalue weighted by molar-refractivity contribution is 7.89. The van der Waals surface area contributed by atoms with Gasteiger partial charge in [0.1, 0.15) is 11.5 Å². The second-order valence-electron chi connectivity index (χ2n) is 10.0. The van der Waals surface area contributed by atoms with Crippen molar-refractivity contribution in [3.63, 3.8) is 0 Å². The van der Waals surface area contributed by atoms with Crippen molar-refractivity contribution < 1.29 is 27.5 Å². The number of hydrogen-bond donors (Lipinski definition) is 1. The number of nitrogens with one attached hydrogen (secondary N) is 1. The molecule has 222 valence electrons. The number of carbonyl (C=O) groups excluding carboxylic acids is 2. The number of carbonyl (C=O) groups is 2. The molecule has 0 unspecified atom stereocenters. The van der Waals surface area contributed by atoms with Crippen LogP contribution in [0.2, 0.25) is 0 Å². The molecule has 5 rings (SSSR count). The van der Waals surface area contributed by atoms with Crippen LogP contribution < -0.4 is 19.7 Å². The summed E-state index contributed by atoms with van der Waals surface area (Å²) < 4.78 is 40.0. The van der Waals surface area contributed by atoms with Gasteiger partial charge in [0.2, 0.25) is 15.9 Å². The van der Waals surface area contributed by atoms with Gasteiger partial charge in [-0.1, -0.05) is 72.8 Å². The number of fused-ring (bicyclic) bond motifs is 1. The maximum absolute atomic E-state index is 13.9. The molecule has 0 radical (unpaired) electrons. The van der Waals surface area contributed by atoms with E-state index in [0.717, 1.165) is 11.1 Å². The summed E-state index contributed by atoms with van der Waals surface area (Å²) in [5.41, 5.74) is 2.35. The fraction of sp³-hybridized carbons (Fsp3) is 0.212. The summed E-state index contributed by atoms with van der Waals surface area (Å²) in [5, 5.41) is 2.87. The number of para-hydroxylation sites is 2. The zero-order valence-corrected chi connectivity index (χ0v) is 24.6. The molecule has 1 aliphatic heterocycles. The highest BCUT2D eigenvalue weighted by Gasteiger charge is 2.36. The van der Waals surface area contributed by atoms with Crippen LogP contribution in [-0.4, -0.2) is 57.4 Å². The fourth-order valence-corrected chi connectivity index (χ4v) is 6.21. The molecule has 1 N–H and O–H groups in total. The van der Waals surface area contributed by atoms with Gasteiger partial charge in [0.25, 0.3) is 5.91 Å². The normalized spacial score (nSPS) is 14.5. The average Bonchev–Trinajstić information content (AvgIpc) is 3.05. The van der Waals surface area contributed by atoms with E-state index in [9.17, 15) is 18.0 Å². The highest BCUT2D eigenvalue weighted by Crippen LogP contribution is 2.33. The Labute approximate surface area is 251 Å². The van der Waals surface area contributed by atoms with Crippen molar-refractivity contribution in [2.75, 3.05) is 31.6 Å². The first-order chi connectivity index (χ1) is 20.8. The van der Waals surface area contributed by atoms with Gasteiger partial charge < -0.3 is 19.7 Å². The predicted octanol–water partition coefficient (Wildman–Crippen LogP) is 4.04. The molecule has 0 bridgehead atoms. The lowest BCUT2D eigenvalue weighted by Crippen LogP contribution is -2.53. The van der Waals surface area contributed by atoms with Crippen LogP contribution in [-0.2, 0) is 32.6 Å². The molecule has 0 saturated carbocycles. The van der Waals surface area contributed by atoms with Crippen LogP contribution in [0.25, 0.3) is 0 Å². The number of methoxy groups -OCH3 is 1. The minimum absolute atomic E-state index is 0.0507. The Morgan fingerprint density at radius 3 is 2.19 bits per heavy atom. The smallest absolute Gasteiger partial charge is 0.263 e. The SMILES string of the molecule is COc1ccc(S(=O)(=O)N(CCc2ccccc2)CC(=O)N2C[C@H](C(=O)NCc3ccccc3)Oc3ccccc32)cc1. The van der Waals surface area contributed by atoms with Crippen molar-refractivity contribution >= 4 is 27.5 Å². The van der Waals surface area contributed by atoms with Crippen molar-refractivity contribution in [2.45, 2.75) is 24.0 Å². The summed E-state index contributed by atoms with van der Waals surface area (Å²) >= 11 is 0. The summed E-state index contributed by atoms with van der Waals surface area (Å²) in [6.07, 6.45) is -0.563. The van der Waals surface area contributed by atoms with Crippen molar-refractivity contribution in [3.8, 4) is 11.5 Å². The first-order valence-corrected chi connectivity index (χ1v) is 15.3. The van der Waals surface area contributed by atoms with E-state index < -0.39 is 28.6 Å². The van der Waals surface area contributed by atoms with Crippen LogP contribution in [0.5, 0.6) is 11.5 Å². The molecule has 9 nitrogen and oxygen atoms in total. The van der Waals surface area contributed by atoms with Crippen molar-refractivity contribution in [1.82, 2.24) is 9.62 Å². The molecule has 2 amide bonds. The third kappa shape index (κ3) is 7.22. The Morgan fingerprint density at radius 1 is 0.884 bits per heavy atom. The van der Waals surface area contributed by atoms with Gasteiger partial charge in [-0.15, -0.1) is 0 Å². The lowest BCUT2D eigenvalue weighted by molar-refractivity contribution is -0.128. The zero-order valence-electron chi connectivity index (χ0n) is 23.8. The van der Waals surface area contributed by atoms with Gasteiger partial charge in [0, 0.05) is 13.1 Å². The topological polar surface area (TPSA) is 105 Å². The molecule has 4 aromatic rings. The predicted molar refractivity (Wildman–Crippen MR) is 163 cm³/mol. The number of rotatable bonds is 11. The number of sulfonamides is 1. The minimum atomic E-state index is -4.06. The maximum Gasteiger partial charge on any atom is 0.263 e. The van der Waals surface area contributed by atoms with E-state index in [0.29, 0.717) is 30.2 Å². The quantitative estimate of drug-likeness (QED) is 0.279. The molecule has 0 fully saturated rings. The maximum atomic E-state index is 13.9. The summed E-state index contributed by atoms with van der Waals surface area (Å²) in [4.78, 5) is 28.5. The molecule has 1 aliphatic rings. The van der Waals surface area contributed by atoms with E-state index in [-0.39, 0.29) is 23.9 Å². The van der Waals surface area contributed by atoms with E-state index in [1.54, 1.807) is 36.4 Å². The van der Waals surface area contributed by atoms with Gasteiger partial charge in [-0.25, -0.2) is 8.42 Å². The van der Waals surface area contributed by atoms with E-state index in [1.165, 1.54) is 28.4 Å². The van der Waals surface area contributed by atoms with Crippen LogP contribution >= 0.6 is 0 Å². The van der Waals surface area contributed by atoms with Crippen LogP contribution in [0.15, 0.2) is 114 Å². The summed E-state index contributed by atoms with van der Waals surface area (Å²) in [6.45, 7) is -0.0982. The molecular formula is C33H33N3O6S. The minimum Gasteiger partial charge on any atom is -0.497 e. The largest absolute Gasteiger partial charge is 0.497 e. The number of amides is 2. The standard InChI is InChI=1S/C33H33N3O6S/c1-41-27-16-18-28(19-17-27)43(39,40)35(21-20-25-10-4-2-5-11-25)24-32(37)36-23-31(42-30-15-9-8-14-29(30)36)33(38)34-22-26-12-6-3-7-13-26/h2-19,31H,20-24H2,1H3,(H,34,38)/t31-/m1/s1.